The van der Waals surface area contributed by atoms with Crippen molar-refractivity contribution < 1.29 is 17.9 Å². The predicted octanol–water partition coefficient (Wildman–Crippen LogP) is 1.40. The minimum atomic E-state index is -3.53. The Bertz CT molecular complexity index is 523. The summed E-state index contributed by atoms with van der Waals surface area (Å²) in [6, 6.07) is 4.51. The molecule has 0 aliphatic rings. The van der Waals surface area contributed by atoms with Gasteiger partial charge < -0.3 is 14.8 Å². The molecule has 1 aromatic carbocycles. The van der Waals surface area contributed by atoms with Crippen LogP contribution in [0.15, 0.2) is 23.1 Å². The minimum Gasteiger partial charge on any atom is -0.493 e. The van der Waals surface area contributed by atoms with Gasteiger partial charge in [0.05, 0.1) is 19.1 Å². The van der Waals surface area contributed by atoms with Gasteiger partial charge in [0.1, 0.15) is 0 Å². The highest BCUT2D eigenvalue weighted by Gasteiger charge is 2.16. The first-order valence-electron chi connectivity index (χ1n) is 6.47. The van der Waals surface area contributed by atoms with Crippen molar-refractivity contribution in [2.24, 2.45) is 0 Å². The normalized spacial score (nSPS) is 10.8. The fraction of sp³-hybridized carbons (Fsp3) is 0.538. The molecule has 1 aromatic rings. The molecule has 2 N–H and O–H groups in total. The second-order valence-corrected chi connectivity index (χ2v) is 5.93. The minimum absolute atomic E-state index is 0. The van der Waals surface area contributed by atoms with Crippen molar-refractivity contribution in [3.05, 3.63) is 18.2 Å². The van der Waals surface area contributed by atoms with Crippen LogP contribution in [0.4, 0.5) is 0 Å². The number of sulfonamides is 1. The quantitative estimate of drug-likeness (QED) is 0.666. The van der Waals surface area contributed by atoms with E-state index in [4.69, 9.17) is 9.47 Å². The van der Waals surface area contributed by atoms with Crippen molar-refractivity contribution in [1.29, 1.82) is 0 Å². The van der Waals surface area contributed by atoms with Gasteiger partial charge >= 0.3 is 0 Å². The van der Waals surface area contributed by atoms with E-state index in [1.54, 1.807) is 6.07 Å². The number of nitrogens with one attached hydrogen (secondary N) is 2. The molecule has 0 amide bonds. The average Bonchev–Trinajstić information content (AvgIpc) is 2.46. The maximum Gasteiger partial charge on any atom is 0.240 e. The Morgan fingerprint density at radius 1 is 1.05 bits per heavy atom. The highest BCUT2D eigenvalue weighted by atomic mass is 35.5. The highest BCUT2D eigenvalue weighted by Crippen LogP contribution is 2.29. The standard InChI is InChI=1S/C13H22N2O4S.ClH/c1-4-7-14-8-9-15-20(16,17)11-5-6-12(18-2)13(10-11)19-3;/h5-6,10,14-15H,4,7-9H2,1-3H3;1H. The molecular formula is C13H23ClN2O4S. The Morgan fingerprint density at radius 2 is 1.71 bits per heavy atom. The van der Waals surface area contributed by atoms with E-state index in [0.717, 1.165) is 13.0 Å². The molecule has 0 aromatic heterocycles. The molecule has 0 saturated heterocycles. The molecule has 0 fully saturated rings. The lowest BCUT2D eigenvalue weighted by atomic mass is 10.3. The van der Waals surface area contributed by atoms with Crippen molar-refractivity contribution in [1.82, 2.24) is 10.0 Å². The fourth-order valence-electron chi connectivity index (χ4n) is 1.64. The number of benzene rings is 1. The summed E-state index contributed by atoms with van der Waals surface area (Å²) in [6.45, 7) is 3.87. The zero-order chi connectivity index (χ0) is 15.0. The Balaban J connectivity index is 0.00000400. The van der Waals surface area contributed by atoms with Crippen LogP contribution in [0.1, 0.15) is 13.3 Å². The maximum absolute atomic E-state index is 12.1. The highest BCUT2D eigenvalue weighted by molar-refractivity contribution is 7.89. The van der Waals surface area contributed by atoms with Gasteiger partial charge in [0.15, 0.2) is 11.5 Å². The second-order valence-electron chi connectivity index (χ2n) is 4.16. The van der Waals surface area contributed by atoms with Gasteiger partial charge in [-0.25, -0.2) is 13.1 Å². The Hall–Kier alpha value is -1.02. The van der Waals surface area contributed by atoms with Crippen molar-refractivity contribution in [2.75, 3.05) is 33.9 Å². The van der Waals surface area contributed by atoms with Gasteiger partial charge in [-0.1, -0.05) is 6.92 Å². The van der Waals surface area contributed by atoms with E-state index in [1.165, 1.54) is 26.4 Å². The molecule has 122 valence electrons. The molecule has 21 heavy (non-hydrogen) atoms. The summed E-state index contributed by atoms with van der Waals surface area (Å²) in [5.74, 6) is 0.885. The molecule has 0 heterocycles. The van der Waals surface area contributed by atoms with Gasteiger partial charge in [0.2, 0.25) is 10.0 Å². The number of ether oxygens (including phenoxy) is 2. The smallest absolute Gasteiger partial charge is 0.240 e. The maximum atomic E-state index is 12.1. The van der Waals surface area contributed by atoms with E-state index < -0.39 is 10.0 Å². The molecule has 0 saturated carbocycles. The zero-order valence-electron chi connectivity index (χ0n) is 12.5. The van der Waals surface area contributed by atoms with Gasteiger partial charge in [-0.15, -0.1) is 12.4 Å². The van der Waals surface area contributed by atoms with Crippen molar-refractivity contribution >= 4 is 22.4 Å². The topological polar surface area (TPSA) is 76.7 Å². The van der Waals surface area contributed by atoms with E-state index in [-0.39, 0.29) is 17.3 Å². The third-order valence-corrected chi connectivity index (χ3v) is 4.14. The van der Waals surface area contributed by atoms with Crippen LogP contribution in [0.25, 0.3) is 0 Å². The molecule has 6 nitrogen and oxygen atoms in total. The Morgan fingerprint density at radius 3 is 2.29 bits per heavy atom. The summed E-state index contributed by atoms with van der Waals surface area (Å²) in [7, 11) is -0.558. The molecule has 8 heteroatoms. The van der Waals surface area contributed by atoms with Crippen LogP contribution in [-0.4, -0.2) is 42.3 Å². The van der Waals surface area contributed by atoms with Crippen molar-refractivity contribution in [2.45, 2.75) is 18.2 Å². The third kappa shape index (κ3) is 6.09. The van der Waals surface area contributed by atoms with Crippen LogP contribution >= 0.6 is 12.4 Å². The van der Waals surface area contributed by atoms with Gasteiger partial charge in [-0.3, -0.25) is 0 Å². The molecule has 0 atom stereocenters. The van der Waals surface area contributed by atoms with E-state index >= 15 is 0 Å². The van der Waals surface area contributed by atoms with Crippen molar-refractivity contribution in [3.8, 4) is 11.5 Å². The molecule has 0 aliphatic carbocycles. The van der Waals surface area contributed by atoms with Gasteiger partial charge in [0, 0.05) is 19.2 Å². The molecule has 0 unspecified atom stereocenters. The summed E-state index contributed by atoms with van der Waals surface area (Å²) in [5, 5.41) is 3.13. The monoisotopic (exact) mass is 338 g/mol. The van der Waals surface area contributed by atoms with E-state index in [1.807, 2.05) is 0 Å². The Kier molecular flexibility index (Phi) is 9.36. The number of rotatable bonds is 9. The largest absolute Gasteiger partial charge is 0.493 e. The van der Waals surface area contributed by atoms with Crippen molar-refractivity contribution in [3.63, 3.8) is 0 Å². The molecule has 0 aliphatic heterocycles. The van der Waals surface area contributed by atoms with Crippen LogP contribution < -0.4 is 19.5 Å². The lowest BCUT2D eigenvalue weighted by Gasteiger charge is -2.11. The number of hydrogen-bond acceptors (Lipinski definition) is 5. The first kappa shape index (κ1) is 20.0. The van der Waals surface area contributed by atoms with E-state index in [9.17, 15) is 8.42 Å². The van der Waals surface area contributed by atoms with Crippen LogP contribution in [0.3, 0.4) is 0 Å². The summed E-state index contributed by atoms with van der Waals surface area (Å²) in [5.41, 5.74) is 0. The van der Waals surface area contributed by atoms with Crippen LogP contribution in [0.5, 0.6) is 11.5 Å². The zero-order valence-corrected chi connectivity index (χ0v) is 14.1. The number of hydrogen-bond donors (Lipinski definition) is 2. The number of methoxy groups -OCH3 is 2. The molecule has 0 spiro atoms. The summed E-state index contributed by atoms with van der Waals surface area (Å²) < 4.78 is 36.9. The van der Waals surface area contributed by atoms with Crippen LogP contribution in [-0.2, 0) is 10.0 Å². The lowest BCUT2D eigenvalue weighted by Crippen LogP contribution is -2.32. The predicted molar refractivity (Wildman–Crippen MR) is 85.1 cm³/mol. The molecular weight excluding hydrogens is 316 g/mol. The second kappa shape index (κ2) is 9.83. The molecule has 0 radical (unpaired) electrons. The third-order valence-electron chi connectivity index (χ3n) is 2.69. The van der Waals surface area contributed by atoms with Crippen LogP contribution in [0, 0.1) is 0 Å². The fourth-order valence-corrected chi connectivity index (χ4v) is 2.69. The summed E-state index contributed by atoms with van der Waals surface area (Å²) >= 11 is 0. The molecule has 1 rings (SSSR count). The van der Waals surface area contributed by atoms with Gasteiger partial charge in [0.25, 0.3) is 0 Å². The summed E-state index contributed by atoms with van der Waals surface area (Å²) in [4.78, 5) is 0.158. The average molecular weight is 339 g/mol. The van der Waals surface area contributed by atoms with E-state index in [0.29, 0.717) is 24.6 Å². The SMILES string of the molecule is CCCNCCNS(=O)(=O)c1ccc(OC)c(OC)c1.Cl. The van der Waals surface area contributed by atoms with Gasteiger partial charge in [-0.2, -0.15) is 0 Å². The lowest BCUT2D eigenvalue weighted by molar-refractivity contribution is 0.354. The first-order chi connectivity index (χ1) is 9.55. The van der Waals surface area contributed by atoms with Gasteiger partial charge in [-0.05, 0) is 25.1 Å². The van der Waals surface area contributed by atoms with E-state index in [2.05, 4.69) is 17.0 Å². The number of halogens is 1. The summed E-state index contributed by atoms with van der Waals surface area (Å²) in [6.07, 6.45) is 1.02. The Labute approximate surface area is 132 Å². The molecule has 0 bridgehead atoms. The van der Waals surface area contributed by atoms with Crippen LogP contribution in [0.2, 0.25) is 0 Å². The first-order valence-corrected chi connectivity index (χ1v) is 7.96.